The highest BCUT2D eigenvalue weighted by Crippen LogP contribution is 2.08. The Morgan fingerprint density at radius 2 is 2.08 bits per heavy atom. The van der Waals surface area contributed by atoms with Crippen LogP contribution in [0.1, 0.15) is 0 Å². The molecular weight excluding hydrogens is 182 g/mol. The fourth-order valence-electron chi connectivity index (χ4n) is 0.605. The molecule has 0 amide bonds. The molecule has 0 aliphatic rings. The summed E-state index contributed by atoms with van der Waals surface area (Å²) >= 11 is 0. The summed E-state index contributed by atoms with van der Waals surface area (Å²) in [5.41, 5.74) is 0. The number of pyridine rings is 1. The molecule has 0 saturated carbocycles. The molecule has 0 atom stereocenters. The first-order valence-electron chi connectivity index (χ1n) is 2.89. The molecule has 1 aromatic rings. The van der Waals surface area contributed by atoms with Gasteiger partial charge in [0.1, 0.15) is 4.90 Å². The van der Waals surface area contributed by atoms with Crippen LogP contribution in [0, 0.1) is 0 Å². The summed E-state index contributed by atoms with van der Waals surface area (Å²) in [6.45, 7) is 0. The van der Waals surface area contributed by atoms with E-state index in [2.05, 4.69) is 9.82 Å². The molecule has 12 heavy (non-hydrogen) atoms. The summed E-state index contributed by atoms with van der Waals surface area (Å²) in [5.74, 6) is 4.89. The molecular formula is C5H7N3O3S. The van der Waals surface area contributed by atoms with Crippen molar-refractivity contribution in [3.63, 3.8) is 0 Å². The summed E-state index contributed by atoms with van der Waals surface area (Å²) in [6.07, 6.45) is 1.07. The number of hydrogen-bond acceptors (Lipinski definition) is 5. The van der Waals surface area contributed by atoms with E-state index in [0.717, 1.165) is 6.20 Å². The van der Waals surface area contributed by atoms with E-state index in [4.69, 9.17) is 11.0 Å². The minimum atomic E-state index is -3.69. The van der Waals surface area contributed by atoms with Crippen LogP contribution in [0.4, 0.5) is 0 Å². The minimum absolute atomic E-state index is 0.0803. The predicted molar refractivity (Wildman–Crippen MR) is 40.4 cm³/mol. The molecule has 0 aliphatic heterocycles. The van der Waals surface area contributed by atoms with Crippen LogP contribution >= 0.6 is 0 Å². The third-order valence-corrected chi connectivity index (χ3v) is 2.06. The Hall–Kier alpha value is -1.18. The number of aromatic nitrogens is 1. The van der Waals surface area contributed by atoms with Gasteiger partial charge in [-0.25, -0.2) is 18.5 Å². The van der Waals surface area contributed by atoms with Gasteiger partial charge < -0.3 is 4.84 Å². The first-order chi connectivity index (χ1) is 5.54. The maximum absolute atomic E-state index is 10.7. The second-order valence-corrected chi connectivity index (χ2v) is 3.56. The normalized spacial score (nSPS) is 11.2. The van der Waals surface area contributed by atoms with Crippen molar-refractivity contribution in [3.05, 3.63) is 18.3 Å². The molecule has 0 radical (unpaired) electrons. The van der Waals surface area contributed by atoms with E-state index in [0.29, 0.717) is 0 Å². The molecule has 0 aromatic carbocycles. The molecule has 4 N–H and O–H groups in total. The number of nitrogens with zero attached hydrogens (tertiary/aromatic N) is 1. The van der Waals surface area contributed by atoms with E-state index in [1.165, 1.54) is 12.1 Å². The first-order valence-corrected chi connectivity index (χ1v) is 4.44. The molecule has 1 rings (SSSR count). The summed E-state index contributed by atoms with van der Waals surface area (Å²) in [7, 11) is -3.69. The fraction of sp³-hybridized carbons (Fsp3) is 0. The van der Waals surface area contributed by atoms with Gasteiger partial charge in [-0.1, -0.05) is 0 Å². The third kappa shape index (κ3) is 1.91. The highest BCUT2D eigenvalue weighted by molar-refractivity contribution is 7.89. The second kappa shape index (κ2) is 3.05. The third-order valence-electron chi connectivity index (χ3n) is 1.16. The van der Waals surface area contributed by atoms with Crippen molar-refractivity contribution in [1.82, 2.24) is 4.98 Å². The van der Waals surface area contributed by atoms with E-state index in [-0.39, 0.29) is 10.8 Å². The van der Waals surface area contributed by atoms with Gasteiger partial charge in [0.25, 0.3) is 0 Å². The van der Waals surface area contributed by atoms with Crippen molar-refractivity contribution in [2.45, 2.75) is 4.90 Å². The van der Waals surface area contributed by atoms with Crippen molar-refractivity contribution in [1.29, 1.82) is 0 Å². The zero-order chi connectivity index (χ0) is 9.19. The van der Waals surface area contributed by atoms with Crippen LogP contribution in [-0.4, -0.2) is 13.4 Å². The monoisotopic (exact) mass is 189 g/mol. The van der Waals surface area contributed by atoms with Gasteiger partial charge in [0, 0.05) is 6.07 Å². The molecule has 0 fully saturated rings. The van der Waals surface area contributed by atoms with Gasteiger partial charge in [-0.05, 0) is 6.07 Å². The van der Waals surface area contributed by atoms with Crippen LogP contribution in [0.25, 0.3) is 0 Å². The Morgan fingerprint density at radius 1 is 1.42 bits per heavy atom. The van der Waals surface area contributed by atoms with Crippen molar-refractivity contribution in [3.8, 4) is 5.88 Å². The van der Waals surface area contributed by atoms with Gasteiger partial charge in [-0.2, -0.15) is 5.90 Å². The molecule has 6 nitrogen and oxygen atoms in total. The van der Waals surface area contributed by atoms with Gasteiger partial charge in [-0.3, -0.25) is 0 Å². The van der Waals surface area contributed by atoms with Crippen molar-refractivity contribution in [2.24, 2.45) is 11.0 Å². The van der Waals surface area contributed by atoms with E-state index in [1.807, 2.05) is 0 Å². The van der Waals surface area contributed by atoms with E-state index >= 15 is 0 Å². The quantitative estimate of drug-likeness (QED) is 0.579. The lowest BCUT2D eigenvalue weighted by molar-refractivity contribution is 0.320. The van der Waals surface area contributed by atoms with E-state index in [1.54, 1.807) is 0 Å². The topological polar surface area (TPSA) is 108 Å². The summed E-state index contributed by atoms with van der Waals surface area (Å²) in [4.78, 5) is 7.71. The predicted octanol–water partition coefficient (Wildman–Crippen LogP) is -1.02. The molecule has 0 aliphatic carbocycles. The maximum atomic E-state index is 10.7. The molecule has 66 valence electrons. The lowest BCUT2D eigenvalue weighted by Crippen LogP contribution is -2.12. The van der Waals surface area contributed by atoms with Gasteiger partial charge in [-0.15, -0.1) is 0 Å². The number of hydrogen-bond donors (Lipinski definition) is 2. The Kier molecular flexibility index (Phi) is 2.27. The number of primary sulfonamides is 1. The van der Waals surface area contributed by atoms with Crippen molar-refractivity contribution in [2.75, 3.05) is 0 Å². The molecule has 1 heterocycles. The van der Waals surface area contributed by atoms with Gasteiger partial charge in [0.2, 0.25) is 15.9 Å². The molecule has 0 unspecified atom stereocenters. The first kappa shape index (κ1) is 8.91. The summed E-state index contributed by atoms with van der Waals surface area (Å²) in [5, 5.41) is 4.81. The lowest BCUT2D eigenvalue weighted by atomic mass is 10.5. The van der Waals surface area contributed by atoms with Crippen LogP contribution in [0.15, 0.2) is 23.2 Å². The van der Waals surface area contributed by atoms with Gasteiger partial charge in [0.15, 0.2) is 0 Å². The van der Waals surface area contributed by atoms with Crippen LogP contribution in [0.2, 0.25) is 0 Å². The Balaban J connectivity index is 3.09. The SMILES string of the molecule is NOc1ccc(S(N)(=O)=O)cn1. The standard InChI is InChI=1S/C5H7N3O3S/c6-11-5-2-1-4(3-8-5)12(7,9)10/h1-3H,6H2,(H2,7,9,10). The Bertz CT molecular complexity index is 358. The Morgan fingerprint density at radius 3 is 2.42 bits per heavy atom. The van der Waals surface area contributed by atoms with Crippen LogP contribution < -0.4 is 15.9 Å². The smallest absolute Gasteiger partial charge is 0.239 e. The number of rotatable bonds is 2. The molecule has 0 spiro atoms. The van der Waals surface area contributed by atoms with Crippen LogP contribution in [0.5, 0.6) is 5.88 Å². The zero-order valence-corrected chi connectivity index (χ0v) is 6.78. The van der Waals surface area contributed by atoms with Gasteiger partial charge in [0.05, 0.1) is 6.20 Å². The fourth-order valence-corrected chi connectivity index (χ4v) is 1.06. The van der Waals surface area contributed by atoms with Crippen molar-refractivity contribution >= 4 is 10.0 Å². The summed E-state index contributed by atoms with van der Waals surface area (Å²) < 4.78 is 21.4. The van der Waals surface area contributed by atoms with E-state index in [9.17, 15) is 8.42 Å². The highest BCUT2D eigenvalue weighted by Gasteiger charge is 2.07. The largest absolute Gasteiger partial charge is 0.391 e. The van der Waals surface area contributed by atoms with Crippen LogP contribution in [0.3, 0.4) is 0 Å². The zero-order valence-electron chi connectivity index (χ0n) is 5.97. The molecule has 0 saturated heterocycles. The second-order valence-electron chi connectivity index (χ2n) is 1.99. The number of sulfonamides is 1. The molecule has 7 heteroatoms. The minimum Gasteiger partial charge on any atom is -0.391 e. The average Bonchev–Trinajstić information content (AvgIpc) is 2.03. The number of nitrogens with two attached hydrogens (primary N) is 2. The molecule has 0 bridgehead atoms. The lowest BCUT2D eigenvalue weighted by Gasteiger charge is -1.98. The van der Waals surface area contributed by atoms with Crippen LogP contribution in [-0.2, 0) is 10.0 Å². The highest BCUT2D eigenvalue weighted by atomic mass is 32.2. The Labute approximate surface area is 69.2 Å². The van der Waals surface area contributed by atoms with Crippen molar-refractivity contribution < 1.29 is 13.3 Å². The van der Waals surface area contributed by atoms with Gasteiger partial charge >= 0.3 is 0 Å². The summed E-state index contributed by atoms with van der Waals surface area (Å²) in [6, 6.07) is 2.56. The van der Waals surface area contributed by atoms with E-state index < -0.39 is 10.0 Å². The molecule has 1 aromatic heterocycles. The maximum Gasteiger partial charge on any atom is 0.239 e. The average molecular weight is 189 g/mol.